The van der Waals surface area contributed by atoms with E-state index in [1.165, 1.54) is 12.8 Å². The molecule has 3 aliphatic rings. The second-order valence-electron chi connectivity index (χ2n) is 9.58. The van der Waals surface area contributed by atoms with Crippen LogP contribution in [0.15, 0.2) is 41.2 Å². The number of fused-ring (bicyclic) bond motifs is 4. The Balaban J connectivity index is 1.62. The zero-order valence-corrected chi connectivity index (χ0v) is 18.9. The lowest BCUT2D eigenvalue weighted by atomic mass is 9.86. The summed E-state index contributed by atoms with van der Waals surface area (Å²) in [7, 11) is 5.15. The zero-order chi connectivity index (χ0) is 22.6. The molecule has 2 bridgehead atoms. The fraction of sp³-hybridized carbons (Fsp3) is 0.520. The summed E-state index contributed by atoms with van der Waals surface area (Å²) in [6, 6.07) is 11.2. The Morgan fingerprint density at radius 1 is 1.22 bits per heavy atom. The SMILES string of the molecule is COc1cccc(-c2ccc3n(c2=O)C[C@@H]2[C@@H](CO)[C@H](C(=O)N(C)C)[C@H]3N2CC2CC2)c1. The van der Waals surface area contributed by atoms with Crippen LogP contribution in [0.1, 0.15) is 24.6 Å². The van der Waals surface area contributed by atoms with Gasteiger partial charge in [0.05, 0.1) is 19.1 Å². The smallest absolute Gasteiger partial charge is 0.258 e. The Kier molecular flexibility index (Phi) is 5.34. The second-order valence-corrected chi connectivity index (χ2v) is 9.58. The van der Waals surface area contributed by atoms with Gasteiger partial charge in [-0.05, 0) is 48.6 Å². The number of pyridine rings is 1. The molecule has 1 aliphatic carbocycles. The Labute approximate surface area is 188 Å². The first-order valence-corrected chi connectivity index (χ1v) is 11.4. The van der Waals surface area contributed by atoms with Gasteiger partial charge >= 0.3 is 0 Å². The van der Waals surface area contributed by atoms with Crippen molar-refractivity contribution in [2.45, 2.75) is 31.5 Å². The second kappa shape index (κ2) is 8.05. The van der Waals surface area contributed by atoms with Crippen molar-refractivity contribution in [1.29, 1.82) is 0 Å². The molecule has 2 aromatic rings. The van der Waals surface area contributed by atoms with Crippen LogP contribution in [0.25, 0.3) is 11.1 Å². The van der Waals surface area contributed by atoms with Gasteiger partial charge in [0, 0.05) is 57.0 Å². The number of rotatable bonds is 6. The van der Waals surface area contributed by atoms with Crippen molar-refractivity contribution in [3.05, 3.63) is 52.4 Å². The van der Waals surface area contributed by atoms with E-state index in [1.807, 2.05) is 41.0 Å². The summed E-state index contributed by atoms with van der Waals surface area (Å²) in [6.45, 7) is 1.37. The average Bonchev–Trinajstić information content (AvgIpc) is 3.58. The van der Waals surface area contributed by atoms with Gasteiger partial charge in [0.25, 0.3) is 5.56 Å². The molecule has 0 spiro atoms. The molecule has 1 aromatic carbocycles. The van der Waals surface area contributed by atoms with Crippen molar-refractivity contribution in [3.63, 3.8) is 0 Å². The summed E-state index contributed by atoms with van der Waals surface area (Å²) in [4.78, 5) is 30.9. The molecule has 170 valence electrons. The van der Waals surface area contributed by atoms with Crippen LogP contribution in [0.2, 0.25) is 0 Å². The molecule has 2 fully saturated rings. The van der Waals surface area contributed by atoms with Gasteiger partial charge in [0.2, 0.25) is 5.91 Å². The lowest BCUT2D eigenvalue weighted by Gasteiger charge is -2.38. The lowest BCUT2D eigenvalue weighted by molar-refractivity contribution is -0.135. The monoisotopic (exact) mass is 437 g/mol. The minimum atomic E-state index is -0.352. The topological polar surface area (TPSA) is 75.0 Å². The van der Waals surface area contributed by atoms with E-state index in [9.17, 15) is 14.7 Å². The Morgan fingerprint density at radius 2 is 2.00 bits per heavy atom. The molecule has 0 unspecified atom stereocenters. The molecular formula is C25H31N3O4. The Hall–Kier alpha value is -2.64. The number of nitrogens with zero attached hydrogens (tertiary/aromatic N) is 3. The molecule has 1 aromatic heterocycles. The summed E-state index contributed by atoms with van der Waals surface area (Å²) in [6.07, 6.45) is 2.43. The van der Waals surface area contributed by atoms with Gasteiger partial charge in [-0.1, -0.05) is 12.1 Å². The van der Waals surface area contributed by atoms with Crippen LogP contribution in [0, 0.1) is 17.8 Å². The van der Waals surface area contributed by atoms with Gasteiger partial charge in [0.15, 0.2) is 0 Å². The van der Waals surface area contributed by atoms with Gasteiger partial charge < -0.3 is 19.3 Å². The van der Waals surface area contributed by atoms with Crippen LogP contribution < -0.4 is 10.3 Å². The predicted octanol–water partition coefficient (Wildman–Crippen LogP) is 1.99. The number of hydrogen-bond acceptors (Lipinski definition) is 5. The highest BCUT2D eigenvalue weighted by Crippen LogP contribution is 2.50. The van der Waals surface area contributed by atoms with Crippen LogP contribution in [-0.4, -0.2) is 65.8 Å². The summed E-state index contributed by atoms with van der Waals surface area (Å²) < 4.78 is 7.18. The number of hydrogen-bond donors (Lipinski definition) is 1. The zero-order valence-electron chi connectivity index (χ0n) is 18.9. The highest BCUT2D eigenvalue weighted by Gasteiger charge is 2.56. The minimum Gasteiger partial charge on any atom is -0.497 e. The Bertz CT molecular complexity index is 1090. The molecule has 1 amide bonds. The first-order valence-electron chi connectivity index (χ1n) is 11.4. The van der Waals surface area contributed by atoms with Crippen molar-refractivity contribution in [2.24, 2.45) is 17.8 Å². The quantitative estimate of drug-likeness (QED) is 0.748. The highest BCUT2D eigenvalue weighted by atomic mass is 16.5. The Morgan fingerprint density at radius 3 is 2.66 bits per heavy atom. The van der Waals surface area contributed by atoms with Gasteiger partial charge in [-0.25, -0.2) is 0 Å². The first-order chi connectivity index (χ1) is 15.4. The number of aliphatic hydroxyl groups is 1. The largest absolute Gasteiger partial charge is 0.497 e. The molecule has 7 nitrogen and oxygen atoms in total. The molecule has 2 aliphatic heterocycles. The molecular weight excluding hydrogens is 406 g/mol. The van der Waals surface area contributed by atoms with Crippen molar-refractivity contribution >= 4 is 5.91 Å². The number of carbonyl (C=O) groups is 1. The number of methoxy groups -OCH3 is 1. The predicted molar refractivity (Wildman–Crippen MR) is 121 cm³/mol. The fourth-order valence-electron chi connectivity index (χ4n) is 5.66. The van der Waals surface area contributed by atoms with Gasteiger partial charge in [-0.15, -0.1) is 0 Å². The lowest BCUT2D eigenvalue weighted by Crippen LogP contribution is -2.47. The van der Waals surface area contributed by atoms with E-state index < -0.39 is 0 Å². The molecule has 1 N–H and O–H groups in total. The molecule has 0 radical (unpaired) electrons. The normalized spacial score (nSPS) is 26.6. The number of benzene rings is 1. The maximum absolute atomic E-state index is 13.6. The van der Waals surface area contributed by atoms with E-state index in [0.29, 0.717) is 23.8 Å². The van der Waals surface area contributed by atoms with E-state index in [4.69, 9.17) is 4.74 Å². The fourth-order valence-corrected chi connectivity index (χ4v) is 5.66. The van der Waals surface area contributed by atoms with E-state index in [-0.39, 0.29) is 42.0 Å². The number of ether oxygens (including phenoxy) is 1. The molecule has 1 saturated carbocycles. The number of carbonyl (C=O) groups excluding carboxylic acids is 1. The van der Waals surface area contributed by atoms with E-state index in [2.05, 4.69) is 4.90 Å². The van der Waals surface area contributed by atoms with Crippen molar-refractivity contribution < 1.29 is 14.6 Å². The molecule has 32 heavy (non-hydrogen) atoms. The molecule has 4 atom stereocenters. The highest BCUT2D eigenvalue weighted by molar-refractivity contribution is 5.80. The van der Waals surface area contributed by atoms with E-state index >= 15 is 0 Å². The average molecular weight is 438 g/mol. The standard InChI is InChI=1S/C25H31N3O4/c1-26(2)25(31)22-19(14-29)21-13-28-20(23(22)27(21)12-15-7-8-15)10-9-18(24(28)30)16-5-4-6-17(11-16)32-3/h4-6,9-11,15,19,21-23,29H,7-8,12-14H2,1-3H3/t19-,21-,22+,23+/m1/s1. The first kappa shape index (κ1) is 21.2. The van der Waals surface area contributed by atoms with Crippen molar-refractivity contribution in [2.75, 3.05) is 34.4 Å². The number of aromatic nitrogens is 1. The van der Waals surface area contributed by atoms with Gasteiger partial charge in [-0.3, -0.25) is 14.5 Å². The van der Waals surface area contributed by atoms with Crippen molar-refractivity contribution in [1.82, 2.24) is 14.4 Å². The molecule has 7 heteroatoms. The van der Waals surface area contributed by atoms with Crippen LogP contribution >= 0.6 is 0 Å². The van der Waals surface area contributed by atoms with Crippen LogP contribution in [0.5, 0.6) is 5.75 Å². The molecule has 3 heterocycles. The third kappa shape index (κ3) is 3.35. The van der Waals surface area contributed by atoms with E-state index in [1.54, 1.807) is 26.1 Å². The minimum absolute atomic E-state index is 0.0229. The molecule has 5 rings (SSSR count). The summed E-state index contributed by atoms with van der Waals surface area (Å²) in [5.74, 6) is 0.845. The van der Waals surface area contributed by atoms with Crippen LogP contribution in [0.4, 0.5) is 0 Å². The van der Waals surface area contributed by atoms with Crippen LogP contribution in [-0.2, 0) is 11.3 Å². The van der Waals surface area contributed by atoms with Gasteiger partial charge in [0.1, 0.15) is 5.75 Å². The van der Waals surface area contributed by atoms with Crippen molar-refractivity contribution in [3.8, 4) is 16.9 Å². The molecule has 1 saturated heterocycles. The van der Waals surface area contributed by atoms with Gasteiger partial charge in [-0.2, -0.15) is 0 Å². The number of aliphatic hydroxyl groups excluding tert-OH is 1. The summed E-state index contributed by atoms with van der Waals surface area (Å²) in [5.41, 5.74) is 2.27. The summed E-state index contributed by atoms with van der Waals surface area (Å²) in [5, 5.41) is 10.3. The number of amides is 1. The summed E-state index contributed by atoms with van der Waals surface area (Å²) >= 11 is 0. The maximum atomic E-state index is 13.6. The third-order valence-corrected chi connectivity index (χ3v) is 7.44. The maximum Gasteiger partial charge on any atom is 0.258 e. The van der Waals surface area contributed by atoms with Crippen LogP contribution in [0.3, 0.4) is 0 Å². The van der Waals surface area contributed by atoms with E-state index in [0.717, 1.165) is 17.8 Å². The third-order valence-electron chi connectivity index (χ3n) is 7.44.